The van der Waals surface area contributed by atoms with Crippen LogP contribution in [0.5, 0.6) is 0 Å². The molecule has 0 saturated heterocycles. The van der Waals surface area contributed by atoms with Crippen molar-refractivity contribution >= 4 is 18.0 Å². The number of nitrogens with zero attached hydrogens (tertiary/aromatic N) is 1. The maximum Gasteiger partial charge on any atom is 0.407 e. The third kappa shape index (κ3) is 3.82. The van der Waals surface area contributed by atoms with E-state index in [-0.39, 0.29) is 37.1 Å². The van der Waals surface area contributed by atoms with Gasteiger partial charge in [-0.1, -0.05) is 60.7 Å². The normalized spacial score (nSPS) is 13.8. The third-order valence-corrected chi connectivity index (χ3v) is 6.29. The van der Waals surface area contributed by atoms with Crippen molar-refractivity contribution in [1.82, 2.24) is 10.2 Å². The molecule has 0 saturated carbocycles. The molecule has 33 heavy (non-hydrogen) atoms. The minimum absolute atomic E-state index is 0.0543. The number of ether oxygens (including phenoxy) is 1. The Morgan fingerprint density at radius 2 is 1.58 bits per heavy atom. The molecule has 166 valence electrons. The van der Waals surface area contributed by atoms with Gasteiger partial charge in [-0.05, 0) is 39.4 Å². The second-order valence-electron chi connectivity index (χ2n) is 8.18. The first-order chi connectivity index (χ1) is 16.0. The molecule has 0 bridgehead atoms. The first-order valence-electron chi connectivity index (χ1n) is 10.7. The summed E-state index contributed by atoms with van der Waals surface area (Å²) < 4.78 is 5.47. The second-order valence-corrected chi connectivity index (χ2v) is 8.18. The molecule has 0 aromatic heterocycles. The second kappa shape index (κ2) is 8.43. The minimum Gasteiger partial charge on any atom is -0.478 e. The van der Waals surface area contributed by atoms with E-state index in [0.717, 1.165) is 27.8 Å². The summed E-state index contributed by atoms with van der Waals surface area (Å²) in [5.41, 5.74) is 6.17. The minimum atomic E-state index is -1.02. The van der Waals surface area contributed by atoms with E-state index < -0.39 is 12.1 Å². The molecule has 0 spiro atoms. The lowest BCUT2D eigenvalue weighted by Crippen LogP contribution is -2.38. The average molecular weight is 442 g/mol. The van der Waals surface area contributed by atoms with Crippen molar-refractivity contribution in [2.45, 2.75) is 19.0 Å². The Kier molecular flexibility index (Phi) is 5.30. The third-order valence-electron chi connectivity index (χ3n) is 6.29. The quantitative estimate of drug-likeness (QED) is 0.627. The molecular weight excluding hydrogens is 420 g/mol. The van der Waals surface area contributed by atoms with Crippen molar-refractivity contribution in [1.29, 1.82) is 0 Å². The number of aromatic carboxylic acids is 1. The largest absolute Gasteiger partial charge is 0.478 e. The van der Waals surface area contributed by atoms with E-state index in [1.807, 2.05) is 42.5 Å². The van der Waals surface area contributed by atoms with Crippen LogP contribution in [0.1, 0.15) is 38.5 Å². The van der Waals surface area contributed by atoms with Crippen LogP contribution in [0.2, 0.25) is 0 Å². The lowest BCUT2D eigenvalue weighted by atomic mass is 9.98. The van der Waals surface area contributed by atoms with Gasteiger partial charge in [-0.25, -0.2) is 9.59 Å². The Balaban J connectivity index is 1.17. The smallest absolute Gasteiger partial charge is 0.407 e. The van der Waals surface area contributed by atoms with E-state index in [1.54, 1.807) is 6.07 Å². The lowest BCUT2D eigenvalue weighted by Gasteiger charge is -2.17. The van der Waals surface area contributed by atoms with Gasteiger partial charge in [0.05, 0.1) is 5.56 Å². The zero-order chi connectivity index (χ0) is 22.9. The van der Waals surface area contributed by atoms with Crippen molar-refractivity contribution in [3.63, 3.8) is 0 Å². The van der Waals surface area contributed by atoms with Crippen molar-refractivity contribution < 1.29 is 24.2 Å². The van der Waals surface area contributed by atoms with Crippen molar-refractivity contribution in [2.75, 3.05) is 13.2 Å². The number of benzene rings is 3. The molecule has 0 fully saturated rings. The van der Waals surface area contributed by atoms with E-state index in [9.17, 15) is 19.5 Å². The van der Waals surface area contributed by atoms with Crippen LogP contribution in [0.3, 0.4) is 0 Å². The summed E-state index contributed by atoms with van der Waals surface area (Å²) in [7, 11) is 0. The van der Waals surface area contributed by atoms with Crippen molar-refractivity contribution in [2.24, 2.45) is 0 Å². The molecular formula is C26H22N2O5. The number of amides is 2. The Bertz CT molecular complexity index is 1220. The van der Waals surface area contributed by atoms with Gasteiger partial charge in [-0.3, -0.25) is 4.79 Å². The summed E-state index contributed by atoms with van der Waals surface area (Å²) in [4.78, 5) is 37.9. The van der Waals surface area contributed by atoms with Crippen LogP contribution >= 0.6 is 0 Å². The molecule has 1 aliphatic carbocycles. The van der Waals surface area contributed by atoms with E-state index in [0.29, 0.717) is 12.1 Å². The summed E-state index contributed by atoms with van der Waals surface area (Å²) in [6, 6.07) is 21.2. The van der Waals surface area contributed by atoms with Gasteiger partial charge in [0.15, 0.2) is 0 Å². The van der Waals surface area contributed by atoms with Crippen LogP contribution in [0, 0.1) is 0 Å². The molecule has 3 aromatic carbocycles. The summed E-state index contributed by atoms with van der Waals surface area (Å²) in [5.74, 6) is -1.37. The molecule has 2 N–H and O–H groups in total. The number of carboxylic acids is 1. The highest BCUT2D eigenvalue weighted by Gasteiger charge is 2.30. The maximum absolute atomic E-state index is 12.6. The van der Waals surface area contributed by atoms with Crippen LogP contribution in [0.25, 0.3) is 11.1 Å². The first-order valence-corrected chi connectivity index (χ1v) is 10.7. The number of carbonyl (C=O) groups is 3. The topological polar surface area (TPSA) is 95.9 Å². The number of nitrogens with one attached hydrogen (secondary N) is 1. The Morgan fingerprint density at radius 1 is 0.909 bits per heavy atom. The van der Waals surface area contributed by atoms with Gasteiger partial charge in [-0.2, -0.15) is 0 Å². The van der Waals surface area contributed by atoms with Gasteiger partial charge >= 0.3 is 12.1 Å². The molecule has 7 nitrogen and oxygen atoms in total. The first kappa shape index (κ1) is 20.8. The molecule has 7 heteroatoms. The van der Waals surface area contributed by atoms with Gasteiger partial charge in [-0.15, -0.1) is 0 Å². The number of hydrogen-bond acceptors (Lipinski definition) is 4. The number of rotatable bonds is 5. The van der Waals surface area contributed by atoms with Gasteiger partial charge in [0.25, 0.3) is 0 Å². The van der Waals surface area contributed by atoms with E-state index in [4.69, 9.17) is 4.74 Å². The summed E-state index contributed by atoms with van der Waals surface area (Å²) in [5, 5.41) is 11.9. The average Bonchev–Trinajstić information content (AvgIpc) is 3.40. The summed E-state index contributed by atoms with van der Waals surface area (Å²) in [6.45, 7) is 0.489. The monoisotopic (exact) mass is 442 g/mol. The molecule has 1 aliphatic heterocycles. The number of fused-ring (bicyclic) bond motifs is 4. The van der Waals surface area contributed by atoms with Gasteiger partial charge < -0.3 is 20.1 Å². The van der Waals surface area contributed by atoms with E-state index >= 15 is 0 Å². The van der Waals surface area contributed by atoms with E-state index in [1.165, 1.54) is 11.0 Å². The SMILES string of the molecule is O=C(NCC(=O)N1Cc2cccc(C(=O)O)c2C1)OCC1c2ccccc2-c2ccccc21. The fourth-order valence-electron chi connectivity index (χ4n) is 4.71. The van der Waals surface area contributed by atoms with Crippen LogP contribution < -0.4 is 5.32 Å². The molecule has 0 atom stereocenters. The molecule has 1 heterocycles. The number of carboxylic acid groups (broad SMARTS) is 1. The highest BCUT2D eigenvalue weighted by atomic mass is 16.5. The Morgan fingerprint density at radius 3 is 2.24 bits per heavy atom. The van der Waals surface area contributed by atoms with Crippen LogP contribution in [-0.4, -0.2) is 41.1 Å². The molecule has 5 rings (SSSR count). The molecule has 2 amide bonds. The molecule has 0 unspecified atom stereocenters. The van der Waals surface area contributed by atoms with E-state index in [2.05, 4.69) is 17.4 Å². The maximum atomic E-state index is 12.6. The van der Waals surface area contributed by atoms with Gasteiger partial charge in [0.1, 0.15) is 13.2 Å². The number of hydrogen-bond donors (Lipinski definition) is 2. The molecule has 2 aliphatic rings. The summed E-state index contributed by atoms with van der Waals surface area (Å²) in [6.07, 6.45) is -0.659. The fourth-order valence-corrected chi connectivity index (χ4v) is 4.71. The zero-order valence-electron chi connectivity index (χ0n) is 17.8. The fraction of sp³-hybridized carbons (Fsp3) is 0.192. The molecule has 0 radical (unpaired) electrons. The van der Waals surface area contributed by atoms with Crippen LogP contribution in [0.4, 0.5) is 4.79 Å². The lowest BCUT2D eigenvalue weighted by molar-refractivity contribution is -0.130. The van der Waals surface area contributed by atoms with Crippen LogP contribution in [0.15, 0.2) is 66.7 Å². The Labute approximate surface area is 190 Å². The zero-order valence-corrected chi connectivity index (χ0v) is 17.8. The van der Waals surface area contributed by atoms with Crippen molar-refractivity contribution in [3.8, 4) is 11.1 Å². The van der Waals surface area contributed by atoms with Crippen LogP contribution in [-0.2, 0) is 22.6 Å². The molecule has 3 aromatic rings. The number of carbonyl (C=O) groups excluding carboxylic acids is 2. The predicted molar refractivity (Wildman–Crippen MR) is 121 cm³/mol. The number of alkyl carbamates (subject to hydrolysis) is 1. The van der Waals surface area contributed by atoms with Gasteiger partial charge in [0.2, 0.25) is 5.91 Å². The Hall–Kier alpha value is -4.13. The highest BCUT2D eigenvalue weighted by molar-refractivity contribution is 5.91. The standard InChI is InChI=1S/C26H22N2O5/c29-24(28-13-16-6-5-11-21(25(30)31)22(16)14-28)12-27-26(32)33-15-23-19-9-3-1-7-17(19)18-8-2-4-10-20(18)23/h1-11,23H,12-15H2,(H,27,32)(H,30,31). The van der Waals surface area contributed by atoms with Crippen molar-refractivity contribution in [3.05, 3.63) is 94.5 Å². The summed E-state index contributed by atoms with van der Waals surface area (Å²) >= 11 is 0. The highest BCUT2D eigenvalue weighted by Crippen LogP contribution is 2.44. The van der Waals surface area contributed by atoms with Gasteiger partial charge in [0, 0.05) is 19.0 Å². The predicted octanol–water partition coefficient (Wildman–Crippen LogP) is 3.77.